The molecule has 14 heavy (non-hydrogen) atoms. The highest BCUT2D eigenvalue weighted by Crippen LogP contribution is 2.24. The van der Waals surface area contributed by atoms with E-state index in [1.165, 1.54) is 13.2 Å². The molecule has 0 aromatic carbocycles. The average Bonchev–Trinajstić information content (AvgIpc) is 2.58. The molecular weight excluding hydrogens is 182 g/mol. The summed E-state index contributed by atoms with van der Waals surface area (Å²) in [4.78, 5) is 10.7. The minimum Gasteiger partial charge on any atom is -0.466 e. The van der Waals surface area contributed by atoms with Gasteiger partial charge < -0.3 is 15.2 Å². The number of rotatable bonds is 4. The van der Waals surface area contributed by atoms with Crippen molar-refractivity contribution in [2.75, 3.05) is 13.7 Å². The van der Waals surface area contributed by atoms with E-state index in [9.17, 15) is 9.90 Å². The van der Waals surface area contributed by atoms with E-state index >= 15 is 0 Å². The molecule has 2 unspecified atom stereocenters. The third-order valence-electron chi connectivity index (χ3n) is 2.54. The topological polar surface area (TPSA) is 58.6 Å². The van der Waals surface area contributed by atoms with E-state index in [2.05, 4.69) is 10.1 Å². The second kappa shape index (κ2) is 5.65. The van der Waals surface area contributed by atoms with Gasteiger partial charge in [-0.05, 0) is 12.8 Å². The largest absolute Gasteiger partial charge is 0.466 e. The molecule has 0 spiro atoms. The van der Waals surface area contributed by atoms with Gasteiger partial charge in [0.1, 0.15) is 0 Å². The summed E-state index contributed by atoms with van der Waals surface area (Å²) in [6, 6.07) is 0. The van der Waals surface area contributed by atoms with E-state index in [1.807, 2.05) is 0 Å². The number of aliphatic hydroxyl groups is 1. The Morgan fingerprint density at radius 1 is 1.64 bits per heavy atom. The average molecular weight is 199 g/mol. The summed E-state index contributed by atoms with van der Waals surface area (Å²) in [5.74, 6) is -0.0539. The molecule has 0 bridgehead atoms. The molecule has 0 heterocycles. The van der Waals surface area contributed by atoms with Crippen LogP contribution in [-0.2, 0) is 9.53 Å². The first-order valence-corrected chi connectivity index (χ1v) is 4.90. The van der Waals surface area contributed by atoms with Crippen LogP contribution in [0.1, 0.15) is 19.3 Å². The predicted octanol–water partition coefficient (Wildman–Crippen LogP) is 0.424. The molecule has 1 aliphatic carbocycles. The van der Waals surface area contributed by atoms with Crippen LogP contribution in [-0.4, -0.2) is 30.8 Å². The number of esters is 1. The Kier molecular flexibility index (Phi) is 4.46. The van der Waals surface area contributed by atoms with Crippen LogP contribution in [0.25, 0.3) is 0 Å². The van der Waals surface area contributed by atoms with Crippen LogP contribution >= 0.6 is 0 Å². The van der Waals surface area contributed by atoms with E-state index in [-0.39, 0.29) is 12.1 Å². The van der Waals surface area contributed by atoms with E-state index in [0.29, 0.717) is 12.5 Å². The SMILES string of the molecule is COC(=O)/C=C/NCC1CCCC1O. The number of carbonyl (C=O) groups is 1. The predicted molar refractivity (Wildman–Crippen MR) is 52.5 cm³/mol. The van der Waals surface area contributed by atoms with E-state index in [4.69, 9.17) is 0 Å². The van der Waals surface area contributed by atoms with Gasteiger partial charge in [-0.25, -0.2) is 4.79 Å². The zero-order chi connectivity index (χ0) is 10.4. The minimum atomic E-state index is -0.371. The summed E-state index contributed by atoms with van der Waals surface area (Å²) in [6.07, 6.45) is 5.76. The molecule has 0 amide bonds. The fourth-order valence-electron chi connectivity index (χ4n) is 1.67. The molecule has 0 aromatic rings. The molecular formula is C10H17NO3. The standard InChI is InChI=1S/C10H17NO3/c1-14-10(13)5-6-11-7-8-3-2-4-9(8)12/h5-6,8-9,11-12H,2-4,7H2,1H3/b6-5+. The Morgan fingerprint density at radius 3 is 3.00 bits per heavy atom. The Bertz CT molecular complexity index is 215. The molecule has 1 saturated carbocycles. The fraction of sp³-hybridized carbons (Fsp3) is 0.700. The third-order valence-corrected chi connectivity index (χ3v) is 2.54. The summed E-state index contributed by atoms with van der Waals surface area (Å²) < 4.78 is 4.43. The number of methoxy groups -OCH3 is 1. The highest BCUT2D eigenvalue weighted by Gasteiger charge is 2.24. The molecule has 80 valence electrons. The van der Waals surface area contributed by atoms with Crippen LogP contribution in [0.4, 0.5) is 0 Å². The van der Waals surface area contributed by atoms with E-state index < -0.39 is 0 Å². The van der Waals surface area contributed by atoms with Crippen molar-refractivity contribution in [1.29, 1.82) is 0 Å². The lowest BCUT2D eigenvalue weighted by atomic mass is 10.1. The second-order valence-electron chi connectivity index (χ2n) is 3.52. The number of nitrogens with one attached hydrogen (secondary N) is 1. The summed E-state index contributed by atoms with van der Waals surface area (Å²) in [5, 5.41) is 12.5. The van der Waals surface area contributed by atoms with Crippen molar-refractivity contribution in [3.63, 3.8) is 0 Å². The maximum absolute atomic E-state index is 10.7. The molecule has 1 aliphatic rings. The molecule has 0 saturated heterocycles. The maximum Gasteiger partial charge on any atom is 0.331 e. The molecule has 0 radical (unpaired) electrons. The van der Waals surface area contributed by atoms with Crippen LogP contribution in [0, 0.1) is 5.92 Å². The van der Waals surface area contributed by atoms with Gasteiger partial charge in [0.25, 0.3) is 0 Å². The van der Waals surface area contributed by atoms with Gasteiger partial charge in [0.2, 0.25) is 0 Å². The first kappa shape index (κ1) is 11.0. The molecule has 1 rings (SSSR count). The van der Waals surface area contributed by atoms with Crippen LogP contribution < -0.4 is 5.32 Å². The Balaban J connectivity index is 2.14. The molecule has 0 aromatic heterocycles. The van der Waals surface area contributed by atoms with Gasteiger partial charge in [-0.15, -0.1) is 0 Å². The molecule has 2 N–H and O–H groups in total. The third kappa shape index (κ3) is 3.38. The smallest absolute Gasteiger partial charge is 0.331 e. The van der Waals surface area contributed by atoms with Gasteiger partial charge in [-0.3, -0.25) is 0 Å². The van der Waals surface area contributed by atoms with Crippen LogP contribution in [0.5, 0.6) is 0 Å². The summed E-state index contributed by atoms with van der Waals surface area (Å²) in [5.41, 5.74) is 0. The van der Waals surface area contributed by atoms with Crippen molar-refractivity contribution in [3.8, 4) is 0 Å². The molecule has 4 nitrogen and oxygen atoms in total. The van der Waals surface area contributed by atoms with Crippen molar-refractivity contribution >= 4 is 5.97 Å². The second-order valence-corrected chi connectivity index (χ2v) is 3.52. The molecule has 2 atom stereocenters. The Morgan fingerprint density at radius 2 is 2.43 bits per heavy atom. The molecule has 0 aliphatic heterocycles. The number of aliphatic hydroxyl groups excluding tert-OH is 1. The lowest BCUT2D eigenvalue weighted by Gasteiger charge is -2.13. The first-order chi connectivity index (χ1) is 6.74. The lowest BCUT2D eigenvalue weighted by Crippen LogP contribution is -2.24. The normalized spacial score (nSPS) is 26.7. The van der Waals surface area contributed by atoms with E-state index in [0.717, 1.165) is 19.3 Å². The van der Waals surface area contributed by atoms with Crippen molar-refractivity contribution in [3.05, 3.63) is 12.3 Å². The van der Waals surface area contributed by atoms with Gasteiger partial charge in [-0.2, -0.15) is 0 Å². The fourth-order valence-corrected chi connectivity index (χ4v) is 1.67. The van der Waals surface area contributed by atoms with Gasteiger partial charge in [0, 0.05) is 24.7 Å². The van der Waals surface area contributed by atoms with Crippen molar-refractivity contribution in [2.45, 2.75) is 25.4 Å². The molecule has 1 fully saturated rings. The van der Waals surface area contributed by atoms with Crippen LogP contribution in [0.3, 0.4) is 0 Å². The summed E-state index contributed by atoms with van der Waals surface area (Å²) in [7, 11) is 1.34. The first-order valence-electron chi connectivity index (χ1n) is 4.90. The van der Waals surface area contributed by atoms with E-state index in [1.54, 1.807) is 6.20 Å². The minimum absolute atomic E-state index is 0.186. The van der Waals surface area contributed by atoms with Gasteiger partial charge >= 0.3 is 5.97 Å². The molecule has 4 heteroatoms. The maximum atomic E-state index is 10.7. The van der Waals surface area contributed by atoms with Gasteiger partial charge in [-0.1, -0.05) is 6.42 Å². The van der Waals surface area contributed by atoms with Crippen molar-refractivity contribution < 1.29 is 14.6 Å². The van der Waals surface area contributed by atoms with Crippen molar-refractivity contribution in [2.24, 2.45) is 5.92 Å². The Labute approximate surface area is 83.9 Å². The van der Waals surface area contributed by atoms with Crippen LogP contribution in [0.2, 0.25) is 0 Å². The highest BCUT2D eigenvalue weighted by molar-refractivity contribution is 5.81. The monoisotopic (exact) mass is 199 g/mol. The quantitative estimate of drug-likeness (QED) is 0.509. The zero-order valence-electron chi connectivity index (χ0n) is 8.40. The van der Waals surface area contributed by atoms with Gasteiger partial charge in [0.05, 0.1) is 13.2 Å². The summed E-state index contributed by atoms with van der Waals surface area (Å²) in [6.45, 7) is 0.717. The number of hydrogen-bond donors (Lipinski definition) is 2. The highest BCUT2D eigenvalue weighted by atomic mass is 16.5. The number of carbonyl (C=O) groups excluding carboxylic acids is 1. The Hall–Kier alpha value is -1.03. The zero-order valence-corrected chi connectivity index (χ0v) is 8.40. The van der Waals surface area contributed by atoms with Crippen molar-refractivity contribution in [1.82, 2.24) is 5.32 Å². The lowest BCUT2D eigenvalue weighted by molar-refractivity contribution is -0.134. The number of hydrogen-bond acceptors (Lipinski definition) is 4. The number of ether oxygens (including phenoxy) is 1. The summed E-state index contributed by atoms with van der Waals surface area (Å²) >= 11 is 0. The van der Waals surface area contributed by atoms with Crippen LogP contribution in [0.15, 0.2) is 12.3 Å². The van der Waals surface area contributed by atoms with Gasteiger partial charge in [0.15, 0.2) is 0 Å².